The fourth-order valence-corrected chi connectivity index (χ4v) is 4.17. The van der Waals surface area contributed by atoms with Crippen molar-refractivity contribution in [2.24, 2.45) is 0 Å². The van der Waals surface area contributed by atoms with Gasteiger partial charge in [-0.1, -0.05) is 36.1 Å². The number of nitrogens with one attached hydrogen (secondary N) is 1. The molecular formula is C19H17BrN2O3S2. The Hall–Kier alpha value is -2.03. The number of nitrogens with zero attached hydrogens (tertiary/aromatic N) is 1. The zero-order valence-corrected chi connectivity index (χ0v) is 17.9. The second-order valence-electron chi connectivity index (χ2n) is 5.53. The SMILES string of the molecule is COc1ccc(OC)c(/C=C2\SC(=S)N(CNc3ccccc3Br)C2=O)c1. The largest absolute Gasteiger partial charge is 0.497 e. The van der Waals surface area contributed by atoms with Gasteiger partial charge in [-0.25, -0.2) is 0 Å². The van der Waals surface area contributed by atoms with Crippen LogP contribution in [0.4, 0.5) is 5.69 Å². The van der Waals surface area contributed by atoms with Crippen LogP contribution in [0.5, 0.6) is 11.5 Å². The molecule has 2 aromatic carbocycles. The van der Waals surface area contributed by atoms with E-state index in [1.165, 1.54) is 16.7 Å². The maximum atomic E-state index is 12.8. The number of thioether (sulfide) groups is 1. The van der Waals surface area contributed by atoms with Crippen molar-refractivity contribution in [1.82, 2.24) is 4.90 Å². The van der Waals surface area contributed by atoms with Crippen LogP contribution in [-0.2, 0) is 4.79 Å². The average molecular weight is 465 g/mol. The quantitative estimate of drug-likeness (QED) is 0.492. The highest BCUT2D eigenvalue weighted by atomic mass is 79.9. The Morgan fingerprint density at radius 3 is 2.70 bits per heavy atom. The van der Waals surface area contributed by atoms with Crippen molar-refractivity contribution in [1.29, 1.82) is 0 Å². The monoisotopic (exact) mass is 464 g/mol. The summed E-state index contributed by atoms with van der Waals surface area (Å²) in [5, 5.41) is 3.23. The molecule has 1 N–H and O–H groups in total. The van der Waals surface area contributed by atoms with Crippen LogP contribution in [0, 0.1) is 0 Å². The summed E-state index contributed by atoms with van der Waals surface area (Å²) in [4.78, 5) is 14.9. The fraction of sp³-hybridized carbons (Fsp3) is 0.158. The van der Waals surface area contributed by atoms with Gasteiger partial charge in [-0.3, -0.25) is 9.69 Å². The van der Waals surface area contributed by atoms with Crippen molar-refractivity contribution >= 4 is 61.9 Å². The minimum Gasteiger partial charge on any atom is -0.497 e. The van der Waals surface area contributed by atoms with Crippen molar-refractivity contribution in [3.05, 3.63) is 57.4 Å². The Labute approximate surface area is 175 Å². The number of methoxy groups -OCH3 is 2. The summed E-state index contributed by atoms with van der Waals surface area (Å²) in [6.07, 6.45) is 1.78. The van der Waals surface area contributed by atoms with E-state index in [4.69, 9.17) is 21.7 Å². The molecule has 1 heterocycles. The Morgan fingerprint density at radius 1 is 1.22 bits per heavy atom. The average Bonchev–Trinajstić information content (AvgIpc) is 2.94. The zero-order chi connectivity index (χ0) is 19.4. The number of carbonyl (C=O) groups is 1. The van der Waals surface area contributed by atoms with Gasteiger partial charge in [-0.05, 0) is 52.3 Å². The lowest BCUT2D eigenvalue weighted by Crippen LogP contribution is -2.33. The van der Waals surface area contributed by atoms with Crippen LogP contribution in [0.25, 0.3) is 6.08 Å². The lowest BCUT2D eigenvalue weighted by Gasteiger charge is -2.17. The molecule has 0 aliphatic carbocycles. The smallest absolute Gasteiger partial charge is 0.267 e. The molecular weight excluding hydrogens is 448 g/mol. The van der Waals surface area contributed by atoms with E-state index in [1.807, 2.05) is 36.4 Å². The molecule has 1 saturated heterocycles. The minimum absolute atomic E-state index is 0.144. The van der Waals surface area contributed by atoms with Crippen LogP contribution >= 0.6 is 39.9 Å². The van der Waals surface area contributed by atoms with Crippen molar-refractivity contribution in [3.63, 3.8) is 0 Å². The summed E-state index contributed by atoms with van der Waals surface area (Å²) in [7, 11) is 3.18. The molecule has 1 fully saturated rings. The maximum absolute atomic E-state index is 12.8. The highest BCUT2D eigenvalue weighted by Gasteiger charge is 2.32. The number of ether oxygens (including phenoxy) is 2. The predicted molar refractivity (Wildman–Crippen MR) is 117 cm³/mol. The van der Waals surface area contributed by atoms with Gasteiger partial charge in [-0.15, -0.1) is 0 Å². The molecule has 0 unspecified atom stereocenters. The number of rotatable bonds is 6. The van der Waals surface area contributed by atoms with Crippen molar-refractivity contribution < 1.29 is 14.3 Å². The Bertz CT molecular complexity index is 918. The number of hydrogen-bond acceptors (Lipinski definition) is 6. The van der Waals surface area contributed by atoms with E-state index in [0.717, 1.165) is 15.7 Å². The third-order valence-electron chi connectivity index (χ3n) is 3.90. The Balaban J connectivity index is 1.80. The van der Waals surface area contributed by atoms with Crippen LogP contribution in [0.1, 0.15) is 5.56 Å². The van der Waals surface area contributed by atoms with Crippen LogP contribution in [0.15, 0.2) is 51.8 Å². The molecule has 0 aromatic heterocycles. The zero-order valence-electron chi connectivity index (χ0n) is 14.7. The van der Waals surface area contributed by atoms with Crippen LogP contribution in [0.3, 0.4) is 0 Å². The highest BCUT2D eigenvalue weighted by molar-refractivity contribution is 9.10. The molecule has 5 nitrogen and oxygen atoms in total. The lowest BCUT2D eigenvalue weighted by atomic mass is 10.1. The summed E-state index contributed by atoms with van der Waals surface area (Å²) in [6, 6.07) is 13.2. The van der Waals surface area contributed by atoms with E-state index in [-0.39, 0.29) is 5.91 Å². The number of thiocarbonyl (C=S) groups is 1. The summed E-state index contributed by atoms with van der Waals surface area (Å²) in [6.45, 7) is 0.292. The summed E-state index contributed by atoms with van der Waals surface area (Å²) >= 11 is 10.1. The Kier molecular flexibility index (Phi) is 6.41. The lowest BCUT2D eigenvalue weighted by molar-refractivity contribution is -0.121. The number of amides is 1. The van der Waals surface area contributed by atoms with Crippen LogP contribution in [0.2, 0.25) is 0 Å². The molecule has 0 saturated carbocycles. The molecule has 2 aromatic rings. The van der Waals surface area contributed by atoms with Gasteiger partial charge in [0.1, 0.15) is 15.8 Å². The molecule has 0 bridgehead atoms. The number of para-hydroxylation sites is 1. The predicted octanol–water partition coefficient (Wildman–Crippen LogP) is 4.74. The van der Waals surface area contributed by atoms with E-state index in [0.29, 0.717) is 27.4 Å². The number of hydrogen-bond donors (Lipinski definition) is 1. The van der Waals surface area contributed by atoms with Gasteiger partial charge in [0.25, 0.3) is 5.91 Å². The standard InChI is InChI=1S/C19H17BrN2O3S2/c1-24-13-7-8-16(25-2)12(9-13)10-17-18(23)22(19(26)27-17)11-21-15-6-4-3-5-14(15)20/h3-10,21H,11H2,1-2H3/b17-10-. The summed E-state index contributed by atoms with van der Waals surface area (Å²) in [5.74, 6) is 1.20. The molecule has 8 heteroatoms. The molecule has 27 heavy (non-hydrogen) atoms. The number of benzene rings is 2. The molecule has 0 radical (unpaired) electrons. The Morgan fingerprint density at radius 2 is 2.00 bits per heavy atom. The number of anilines is 1. The van der Waals surface area contributed by atoms with E-state index in [9.17, 15) is 4.79 Å². The normalized spacial score (nSPS) is 15.4. The molecule has 1 aliphatic heterocycles. The van der Waals surface area contributed by atoms with Gasteiger partial charge < -0.3 is 14.8 Å². The third-order valence-corrected chi connectivity index (χ3v) is 5.97. The van der Waals surface area contributed by atoms with Gasteiger partial charge in [0.05, 0.1) is 25.8 Å². The van der Waals surface area contributed by atoms with E-state index in [1.54, 1.807) is 26.4 Å². The van der Waals surface area contributed by atoms with Crippen molar-refractivity contribution in [3.8, 4) is 11.5 Å². The minimum atomic E-state index is -0.144. The van der Waals surface area contributed by atoms with E-state index >= 15 is 0 Å². The van der Waals surface area contributed by atoms with Gasteiger partial charge in [0.2, 0.25) is 0 Å². The topological polar surface area (TPSA) is 50.8 Å². The van der Waals surface area contributed by atoms with Gasteiger partial charge in [0.15, 0.2) is 0 Å². The fourth-order valence-electron chi connectivity index (χ4n) is 2.50. The first-order valence-electron chi connectivity index (χ1n) is 7.99. The second-order valence-corrected chi connectivity index (χ2v) is 8.06. The van der Waals surface area contributed by atoms with Crippen molar-refractivity contribution in [2.45, 2.75) is 0 Å². The summed E-state index contributed by atoms with van der Waals surface area (Å²) in [5.41, 5.74) is 1.65. The first-order valence-corrected chi connectivity index (χ1v) is 10.0. The van der Waals surface area contributed by atoms with Gasteiger partial charge >= 0.3 is 0 Å². The highest BCUT2D eigenvalue weighted by Crippen LogP contribution is 2.35. The molecule has 0 spiro atoms. The molecule has 3 rings (SSSR count). The maximum Gasteiger partial charge on any atom is 0.267 e. The molecule has 1 amide bonds. The molecule has 140 valence electrons. The van der Waals surface area contributed by atoms with E-state index < -0.39 is 0 Å². The number of carbonyl (C=O) groups excluding carboxylic acids is 1. The van der Waals surface area contributed by atoms with Crippen LogP contribution in [-0.4, -0.2) is 36.0 Å². The molecule has 0 atom stereocenters. The third kappa shape index (κ3) is 4.45. The van der Waals surface area contributed by atoms with Crippen molar-refractivity contribution in [2.75, 3.05) is 26.2 Å². The summed E-state index contributed by atoms with van der Waals surface area (Å²) < 4.78 is 12.1. The molecule has 1 aliphatic rings. The first-order chi connectivity index (χ1) is 13.0. The van der Waals surface area contributed by atoms with Gasteiger partial charge in [-0.2, -0.15) is 0 Å². The first kappa shape index (κ1) is 19.7. The van der Waals surface area contributed by atoms with Crippen LogP contribution < -0.4 is 14.8 Å². The number of halogens is 1. The van der Waals surface area contributed by atoms with Gasteiger partial charge in [0, 0.05) is 15.7 Å². The second kappa shape index (κ2) is 8.77. The van der Waals surface area contributed by atoms with E-state index in [2.05, 4.69) is 21.2 Å².